The molecular weight excluding hydrogens is 561 g/mol. The first-order valence-electron chi connectivity index (χ1n) is 14.5. The summed E-state index contributed by atoms with van der Waals surface area (Å²) in [6.45, 7) is 1.87. The van der Waals surface area contributed by atoms with Crippen molar-refractivity contribution in [2.75, 3.05) is 6.61 Å². The van der Waals surface area contributed by atoms with E-state index >= 15 is 0 Å². The van der Waals surface area contributed by atoms with E-state index in [1.807, 2.05) is 6.07 Å². The van der Waals surface area contributed by atoms with E-state index in [1.54, 1.807) is 18.2 Å². The Hall–Kier alpha value is -3.40. The van der Waals surface area contributed by atoms with Crippen molar-refractivity contribution in [2.45, 2.75) is 83.2 Å². The Bertz CT molecular complexity index is 1320. The summed E-state index contributed by atoms with van der Waals surface area (Å²) in [5, 5.41) is 5.77. The highest BCUT2D eigenvalue weighted by molar-refractivity contribution is 7.46. The number of phosphoric ester groups is 1. The summed E-state index contributed by atoms with van der Waals surface area (Å²) in [5.74, 6) is -0.430. The number of benzene rings is 2. The van der Waals surface area contributed by atoms with Crippen LogP contribution < -0.4 is 25.6 Å². The molecule has 2 aromatic carbocycles. The van der Waals surface area contributed by atoms with Crippen molar-refractivity contribution < 1.29 is 38.0 Å². The van der Waals surface area contributed by atoms with E-state index < -0.39 is 31.7 Å². The molecule has 0 bridgehead atoms. The molecule has 2 atom stereocenters. The Balaban J connectivity index is 1.52. The molecular formula is C30H40N3O8P. The molecule has 0 aliphatic heterocycles. The van der Waals surface area contributed by atoms with Gasteiger partial charge in [-0.15, -0.1) is 0 Å². The number of carbonyl (C=O) groups is 3. The summed E-state index contributed by atoms with van der Waals surface area (Å²) >= 11 is 0. The second-order valence-electron chi connectivity index (χ2n) is 11.2. The largest absolute Gasteiger partial charge is 0.524 e. The van der Waals surface area contributed by atoms with Crippen LogP contribution in [0, 0.1) is 5.92 Å². The summed E-state index contributed by atoms with van der Waals surface area (Å²) in [6.07, 6.45) is 9.21. The van der Waals surface area contributed by atoms with Crippen molar-refractivity contribution in [3.8, 4) is 11.5 Å². The van der Waals surface area contributed by atoms with E-state index in [4.69, 9.17) is 20.3 Å². The molecule has 11 nitrogen and oxygen atoms in total. The number of primary amides is 1. The fourth-order valence-corrected chi connectivity index (χ4v) is 6.20. The molecule has 1 fully saturated rings. The predicted molar refractivity (Wildman–Crippen MR) is 156 cm³/mol. The van der Waals surface area contributed by atoms with Crippen LogP contribution in [0.2, 0.25) is 0 Å². The van der Waals surface area contributed by atoms with Gasteiger partial charge in [-0.25, -0.2) is 4.57 Å². The zero-order chi connectivity index (χ0) is 30.3. The second-order valence-corrected chi connectivity index (χ2v) is 12.4. The zero-order valence-electron chi connectivity index (χ0n) is 23.8. The van der Waals surface area contributed by atoms with Crippen LogP contribution in [0.4, 0.5) is 0 Å². The molecule has 6 N–H and O–H groups in total. The number of aryl methyl sites for hydroxylation is 1. The van der Waals surface area contributed by atoms with Gasteiger partial charge in [0.2, 0.25) is 11.8 Å². The monoisotopic (exact) mass is 601 g/mol. The third-order valence-corrected chi connectivity index (χ3v) is 8.32. The van der Waals surface area contributed by atoms with Gasteiger partial charge < -0.3 is 25.6 Å². The highest BCUT2D eigenvalue weighted by Gasteiger charge is 2.28. The lowest BCUT2D eigenvalue weighted by Crippen LogP contribution is -2.48. The van der Waals surface area contributed by atoms with E-state index in [-0.39, 0.29) is 18.1 Å². The number of ether oxygens (including phenoxy) is 1. The van der Waals surface area contributed by atoms with Crippen LogP contribution in [0.3, 0.4) is 0 Å². The van der Waals surface area contributed by atoms with Crippen molar-refractivity contribution >= 4 is 25.5 Å². The molecule has 4 rings (SSSR count). The second kappa shape index (κ2) is 14.2. The van der Waals surface area contributed by atoms with Gasteiger partial charge in [0.05, 0.1) is 18.2 Å². The van der Waals surface area contributed by atoms with Gasteiger partial charge in [-0.3, -0.25) is 24.2 Å². The average Bonchev–Trinajstić information content (AvgIpc) is 3.13. The van der Waals surface area contributed by atoms with Gasteiger partial charge >= 0.3 is 7.82 Å². The lowest BCUT2D eigenvalue weighted by atomic mass is 9.90. The van der Waals surface area contributed by atoms with Gasteiger partial charge in [-0.1, -0.05) is 37.8 Å². The molecule has 0 spiro atoms. The quantitative estimate of drug-likeness (QED) is 0.190. The highest BCUT2D eigenvalue weighted by Crippen LogP contribution is 2.38. The molecule has 12 heteroatoms. The van der Waals surface area contributed by atoms with Crippen molar-refractivity contribution in [1.29, 1.82) is 0 Å². The van der Waals surface area contributed by atoms with Gasteiger partial charge in [-0.2, -0.15) is 0 Å². The first-order valence-corrected chi connectivity index (χ1v) is 16.0. The number of hydrogen-bond acceptors (Lipinski definition) is 6. The molecule has 0 heterocycles. The third-order valence-electron chi connectivity index (χ3n) is 7.87. The number of carbonyl (C=O) groups excluding carboxylic acids is 3. The van der Waals surface area contributed by atoms with Crippen molar-refractivity contribution in [1.82, 2.24) is 10.6 Å². The van der Waals surface area contributed by atoms with Crippen LogP contribution in [0.15, 0.2) is 36.4 Å². The summed E-state index contributed by atoms with van der Waals surface area (Å²) in [6, 6.07) is 8.26. The van der Waals surface area contributed by atoms with E-state index in [1.165, 1.54) is 38.3 Å². The van der Waals surface area contributed by atoms with E-state index in [0.717, 1.165) is 43.2 Å². The smallest absolute Gasteiger partial charge is 0.492 e. The van der Waals surface area contributed by atoms with Gasteiger partial charge in [0, 0.05) is 13.3 Å². The Kier molecular flexibility index (Phi) is 10.6. The number of fused-ring (bicyclic) bond motifs is 1. The minimum absolute atomic E-state index is 0.0185. The molecule has 42 heavy (non-hydrogen) atoms. The molecule has 0 saturated heterocycles. The maximum absolute atomic E-state index is 13.5. The minimum atomic E-state index is -4.70. The molecule has 2 aliphatic rings. The number of hydrogen-bond donors (Lipinski definition) is 5. The summed E-state index contributed by atoms with van der Waals surface area (Å²) in [7, 11) is -4.70. The number of phosphoric acid groups is 1. The van der Waals surface area contributed by atoms with Crippen molar-refractivity contribution in [2.24, 2.45) is 11.7 Å². The van der Waals surface area contributed by atoms with Crippen LogP contribution in [0.25, 0.3) is 0 Å². The Morgan fingerprint density at radius 1 is 1.02 bits per heavy atom. The molecule has 0 aromatic heterocycles. The fourth-order valence-electron chi connectivity index (χ4n) is 5.81. The number of rotatable bonds is 11. The van der Waals surface area contributed by atoms with Crippen LogP contribution in [0.1, 0.15) is 91.4 Å². The van der Waals surface area contributed by atoms with Gasteiger partial charge in [0.25, 0.3) is 5.91 Å². The molecule has 228 valence electrons. The Morgan fingerprint density at radius 2 is 1.71 bits per heavy atom. The van der Waals surface area contributed by atoms with Gasteiger partial charge in [0.1, 0.15) is 17.5 Å². The fraction of sp³-hybridized carbons (Fsp3) is 0.500. The SMILES string of the molecule is CC(=O)N[C@@H](Cc1ccc(OP(=O)(O)O)cc1)C(=O)N[C@H]1CCCCc2cc(OCC3CCCCC3)c(C(N)=O)cc21. The molecule has 0 radical (unpaired) electrons. The lowest BCUT2D eigenvalue weighted by Gasteiger charge is -2.26. The first kappa shape index (κ1) is 31.5. The third kappa shape index (κ3) is 9.05. The number of nitrogens with one attached hydrogen (secondary N) is 2. The molecule has 3 amide bonds. The van der Waals surface area contributed by atoms with Gasteiger partial charge in [-0.05, 0) is 79.0 Å². The first-order chi connectivity index (χ1) is 20.0. The number of amides is 3. The lowest BCUT2D eigenvalue weighted by molar-refractivity contribution is -0.128. The summed E-state index contributed by atoms with van der Waals surface area (Å²) in [5.41, 5.74) is 8.53. The van der Waals surface area contributed by atoms with E-state index in [2.05, 4.69) is 15.2 Å². The van der Waals surface area contributed by atoms with Crippen LogP contribution in [-0.4, -0.2) is 40.2 Å². The molecule has 2 aliphatic carbocycles. The van der Waals surface area contributed by atoms with E-state index in [9.17, 15) is 18.9 Å². The zero-order valence-corrected chi connectivity index (χ0v) is 24.7. The normalized spacial score (nSPS) is 18.2. The summed E-state index contributed by atoms with van der Waals surface area (Å²) < 4.78 is 21.8. The number of nitrogens with two attached hydrogens (primary N) is 1. The van der Waals surface area contributed by atoms with E-state index in [0.29, 0.717) is 35.8 Å². The molecule has 2 aromatic rings. The highest BCUT2D eigenvalue weighted by atomic mass is 31.2. The topological polar surface area (TPSA) is 177 Å². The molecule has 1 saturated carbocycles. The van der Waals surface area contributed by atoms with Crippen LogP contribution in [0.5, 0.6) is 11.5 Å². The maximum atomic E-state index is 13.5. The minimum Gasteiger partial charge on any atom is -0.492 e. The molecule has 0 unspecified atom stereocenters. The van der Waals surface area contributed by atoms with Crippen molar-refractivity contribution in [3.05, 3.63) is 58.7 Å². The Morgan fingerprint density at radius 3 is 2.36 bits per heavy atom. The van der Waals surface area contributed by atoms with Crippen LogP contribution >= 0.6 is 7.82 Å². The summed E-state index contributed by atoms with van der Waals surface area (Å²) in [4.78, 5) is 56.0. The van der Waals surface area contributed by atoms with Crippen LogP contribution in [-0.2, 0) is 27.0 Å². The standard InChI is InChI=1S/C30H40N3O8P/c1-19(34)32-27(15-20-11-13-23(14-12-20)41-42(37,38)39)30(36)33-26-10-6-5-9-22-16-28(25(29(31)35)17-24(22)26)40-18-21-7-3-2-4-8-21/h11-14,16-17,21,26-27H,2-10,15,18H2,1H3,(H2,31,35)(H,32,34)(H,33,36)(H2,37,38,39)/t26-,27-/m0/s1. The predicted octanol–water partition coefficient (Wildman–Crippen LogP) is 3.85. The average molecular weight is 602 g/mol. The Labute approximate surface area is 245 Å². The van der Waals surface area contributed by atoms with Gasteiger partial charge in [0.15, 0.2) is 0 Å². The maximum Gasteiger partial charge on any atom is 0.524 e. The van der Waals surface area contributed by atoms with Crippen molar-refractivity contribution in [3.63, 3.8) is 0 Å².